The van der Waals surface area contributed by atoms with Crippen molar-refractivity contribution in [3.8, 4) is 0 Å². The van der Waals surface area contributed by atoms with Crippen molar-refractivity contribution >= 4 is 11.6 Å². The monoisotopic (exact) mass is 294 g/mol. The lowest BCUT2D eigenvalue weighted by atomic mass is 10.1. The maximum atomic E-state index is 10.4. The molecule has 0 aromatic heterocycles. The summed E-state index contributed by atoms with van der Waals surface area (Å²) in [7, 11) is 0. The highest BCUT2D eigenvalue weighted by Gasteiger charge is 2.29. The van der Waals surface area contributed by atoms with Crippen molar-refractivity contribution in [3.63, 3.8) is 0 Å². The van der Waals surface area contributed by atoms with E-state index >= 15 is 0 Å². The van der Waals surface area contributed by atoms with Crippen LogP contribution in [0.4, 0.5) is 0 Å². The van der Waals surface area contributed by atoms with E-state index in [1.54, 1.807) is 0 Å². The number of aliphatic hydroxyl groups excluding tert-OH is 1. The van der Waals surface area contributed by atoms with Crippen LogP contribution >= 0.6 is 11.6 Å². The van der Waals surface area contributed by atoms with Gasteiger partial charge in [0.2, 0.25) is 0 Å². The third kappa shape index (κ3) is 3.34. The smallest absolute Gasteiger partial charge is 0.0916 e. The van der Waals surface area contributed by atoms with Gasteiger partial charge in [-0.05, 0) is 56.6 Å². The topological polar surface area (TPSA) is 26.7 Å². The Morgan fingerprint density at radius 1 is 1.15 bits per heavy atom. The van der Waals surface area contributed by atoms with E-state index in [-0.39, 0.29) is 0 Å². The summed E-state index contributed by atoms with van der Waals surface area (Å²) < 4.78 is 0. The van der Waals surface area contributed by atoms with Crippen LogP contribution in [0.2, 0.25) is 5.02 Å². The van der Waals surface area contributed by atoms with E-state index in [1.807, 2.05) is 24.3 Å². The van der Waals surface area contributed by atoms with Crippen molar-refractivity contribution in [2.24, 2.45) is 0 Å². The van der Waals surface area contributed by atoms with Gasteiger partial charge in [-0.1, -0.05) is 23.7 Å². The first kappa shape index (κ1) is 14.3. The second-order valence-electron chi connectivity index (χ2n) is 6.01. The number of fused-ring (bicyclic) bond motifs is 1. The van der Waals surface area contributed by atoms with Crippen LogP contribution < -0.4 is 0 Å². The van der Waals surface area contributed by atoms with E-state index in [4.69, 9.17) is 11.6 Å². The molecule has 2 fully saturated rings. The van der Waals surface area contributed by atoms with Crippen LogP contribution in [-0.2, 0) is 0 Å². The molecule has 1 aromatic carbocycles. The van der Waals surface area contributed by atoms with E-state index in [0.717, 1.165) is 30.2 Å². The summed E-state index contributed by atoms with van der Waals surface area (Å²) in [6.45, 7) is 5.41. The third-order valence-electron chi connectivity index (χ3n) is 4.57. The van der Waals surface area contributed by atoms with Gasteiger partial charge in [-0.3, -0.25) is 9.80 Å². The molecule has 3 rings (SSSR count). The van der Waals surface area contributed by atoms with Gasteiger partial charge in [0.25, 0.3) is 0 Å². The zero-order valence-corrected chi connectivity index (χ0v) is 12.6. The third-order valence-corrected chi connectivity index (χ3v) is 4.83. The summed E-state index contributed by atoms with van der Waals surface area (Å²) in [5.74, 6) is 0. The standard InChI is InChI=1S/C16H23ClN2O/c17-14-6-4-13(5-7-14)16(20)12-18-8-2-10-19-9-1-3-15(19)11-18/h4-7,15-16,20H,1-3,8-12H2/t15-,16+/m1/s1. The number of β-amino-alcohol motifs (C(OH)–C–C–N with tert-alkyl or cyclic N) is 1. The summed E-state index contributed by atoms with van der Waals surface area (Å²) in [6.07, 6.45) is 3.44. The maximum Gasteiger partial charge on any atom is 0.0916 e. The average molecular weight is 295 g/mol. The van der Waals surface area contributed by atoms with Gasteiger partial charge in [-0.2, -0.15) is 0 Å². The summed E-state index contributed by atoms with van der Waals surface area (Å²) in [5.41, 5.74) is 0.960. The average Bonchev–Trinajstić information content (AvgIpc) is 2.78. The maximum absolute atomic E-state index is 10.4. The second kappa shape index (κ2) is 6.44. The molecular weight excluding hydrogens is 272 g/mol. The normalized spacial score (nSPS) is 26.2. The molecule has 0 unspecified atom stereocenters. The summed E-state index contributed by atoms with van der Waals surface area (Å²) in [6, 6.07) is 8.25. The Labute approximate surface area is 126 Å². The zero-order chi connectivity index (χ0) is 13.9. The largest absolute Gasteiger partial charge is 0.387 e. The fraction of sp³-hybridized carbons (Fsp3) is 0.625. The number of halogens is 1. The second-order valence-corrected chi connectivity index (χ2v) is 6.45. The van der Waals surface area contributed by atoms with Gasteiger partial charge in [0, 0.05) is 24.2 Å². The van der Waals surface area contributed by atoms with E-state index in [9.17, 15) is 5.11 Å². The molecule has 0 bridgehead atoms. The quantitative estimate of drug-likeness (QED) is 0.928. The van der Waals surface area contributed by atoms with E-state index < -0.39 is 6.10 Å². The van der Waals surface area contributed by atoms with Crippen LogP contribution in [0.3, 0.4) is 0 Å². The minimum absolute atomic E-state index is 0.416. The minimum Gasteiger partial charge on any atom is -0.387 e. The van der Waals surface area contributed by atoms with Gasteiger partial charge >= 0.3 is 0 Å². The SMILES string of the molecule is O[C@@H](CN1CCCN2CCC[C@@H]2C1)c1ccc(Cl)cc1. The fourth-order valence-electron chi connectivity index (χ4n) is 3.48. The number of hydrogen-bond donors (Lipinski definition) is 1. The lowest BCUT2D eigenvalue weighted by Gasteiger charge is -2.27. The van der Waals surface area contributed by atoms with Gasteiger partial charge in [-0.15, -0.1) is 0 Å². The molecule has 20 heavy (non-hydrogen) atoms. The van der Waals surface area contributed by atoms with Crippen molar-refractivity contribution < 1.29 is 5.11 Å². The van der Waals surface area contributed by atoms with Crippen LogP contribution in [-0.4, -0.2) is 53.7 Å². The molecular formula is C16H23ClN2O. The Bertz CT molecular complexity index is 437. The Kier molecular flexibility index (Phi) is 4.61. The van der Waals surface area contributed by atoms with Crippen LogP contribution in [0.15, 0.2) is 24.3 Å². The Balaban J connectivity index is 1.60. The molecule has 110 valence electrons. The molecule has 2 aliphatic heterocycles. The van der Waals surface area contributed by atoms with Crippen LogP contribution in [0.5, 0.6) is 0 Å². The molecule has 0 aliphatic carbocycles. The Morgan fingerprint density at radius 2 is 1.90 bits per heavy atom. The van der Waals surface area contributed by atoms with Crippen LogP contribution in [0, 0.1) is 0 Å². The first-order valence-corrected chi connectivity index (χ1v) is 8.00. The Hall–Kier alpha value is -0.610. The van der Waals surface area contributed by atoms with Crippen LogP contribution in [0.1, 0.15) is 30.9 Å². The minimum atomic E-state index is -0.416. The number of benzene rings is 1. The van der Waals surface area contributed by atoms with Gasteiger partial charge < -0.3 is 5.11 Å². The van der Waals surface area contributed by atoms with Gasteiger partial charge in [0.1, 0.15) is 0 Å². The molecule has 2 saturated heterocycles. The number of aliphatic hydroxyl groups is 1. The number of hydrogen-bond acceptors (Lipinski definition) is 3. The lowest BCUT2D eigenvalue weighted by molar-refractivity contribution is 0.108. The van der Waals surface area contributed by atoms with Crippen molar-refractivity contribution in [1.29, 1.82) is 0 Å². The molecule has 0 amide bonds. The summed E-state index contributed by atoms with van der Waals surface area (Å²) >= 11 is 5.89. The molecule has 3 nitrogen and oxygen atoms in total. The number of nitrogens with zero attached hydrogens (tertiary/aromatic N) is 2. The molecule has 0 radical (unpaired) electrons. The van der Waals surface area contributed by atoms with E-state index in [2.05, 4.69) is 9.80 Å². The highest BCUT2D eigenvalue weighted by atomic mass is 35.5. The van der Waals surface area contributed by atoms with Crippen molar-refractivity contribution in [3.05, 3.63) is 34.9 Å². The molecule has 4 heteroatoms. The van der Waals surface area contributed by atoms with Crippen molar-refractivity contribution in [2.75, 3.05) is 32.7 Å². The zero-order valence-electron chi connectivity index (χ0n) is 11.8. The molecule has 1 aromatic rings. The number of rotatable bonds is 3. The van der Waals surface area contributed by atoms with Crippen LogP contribution in [0.25, 0.3) is 0 Å². The highest BCUT2D eigenvalue weighted by molar-refractivity contribution is 6.30. The molecule has 2 atom stereocenters. The Morgan fingerprint density at radius 3 is 2.70 bits per heavy atom. The van der Waals surface area contributed by atoms with Crippen molar-refractivity contribution in [2.45, 2.75) is 31.4 Å². The molecule has 0 spiro atoms. The predicted molar refractivity (Wildman–Crippen MR) is 82.1 cm³/mol. The highest BCUT2D eigenvalue weighted by Crippen LogP contribution is 2.23. The van der Waals surface area contributed by atoms with Gasteiger partial charge in [0.05, 0.1) is 6.10 Å². The van der Waals surface area contributed by atoms with Gasteiger partial charge in [0.15, 0.2) is 0 Å². The van der Waals surface area contributed by atoms with Crippen molar-refractivity contribution in [1.82, 2.24) is 9.80 Å². The summed E-state index contributed by atoms with van der Waals surface area (Å²) in [5, 5.41) is 11.1. The summed E-state index contributed by atoms with van der Waals surface area (Å²) in [4.78, 5) is 5.05. The molecule has 1 N–H and O–H groups in total. The molecule has 2 heterocycles. The molecule has 2 aliphatic rings. The first-order valence-electron chi connectivity index (χ1n) is 7.62. The first-order chi connectivity index (χ1) is 9.72. The van der Waals surface area contributed by atoms with Gasteiger partial charge in [-0.25, -0.2) is 0 Å². The fourth-order valence-corrected chi connectivity index (χ4v) is 3.61. The van der Waals surface area contributed by atoms with E-state index in [0.29, 0.717) is 6.04 Å². The molecule has 0 saturated carbocycles. The van der Waals surface area contributed by atoms with E-state index in [1.165, 1.54) is 32.4 Å². The predicted octanol–water partition coefficient (Wildman–Crippen LogP) is 2.54. The lowest BCUT2D eigenvalue weighted by Crippen LogP contribution is -2.38.